The Morgan fingerprint density at radius 3 is 2.78 bits per heavy atom. The molecule has 0 spiro atoms. The lowest BCUT2D eigenvalue weighted by Crippen LogP contribution is -2.52. The van der Waals surface area contributed by atoms with Crippen LogP contribution in [0, 0.1) is 0 Å². The summed E-state index contributed by atoms with van der Waals surface area (Å²) in [5, 5.41) is 13.3. The molecule has 32 heavy (non-hydrogen) atoms. The van der Waals surface area contributed by atoms with E-state index in [9.17, 15) is 14.4 Å². The molecule has 3 amide bonds. The number of amides is 3. The summed E-state index contributed by atoms with van der Waals surface area (Å²) in [7, 11) is 0. The van der Waals surface area contributed by atoms with E-state index in [1.807, 2.05) is 18.2 Å². The predicted molar refractivity (Wildman–Crippen MR) is 114 cm³/mol. The first kappa shape index (κ1) is 20.8. The molecule has 9 heteroatoms. The van der Waals surface area contributed by atoms with Crippen LogP contribution >= 0.6 is 0 Å². The second-order valence-electron chi connectivity index (χ2n) is 8.69. The first-order valence-electron chi connectivity index (χ1n) is 11.2. The van der Waals surface area contributed by atoms with Crippen molar-refractivity contribution in [3.05, 3.63) is 52.4 Å². The van der Waals surface area contributed by atoms with Gasteiger partial charge >= 0.3 is 0 Å². The van der Waals surface area contributed by atoms with E-state index < -0.39 is 11.9 Å². The normalized spacial score (nSPS) is 21.7. The molecule has 1 aromatic carbocycles. The molecule has 1 unspecified atom stereocenters. The van der Waals surface area contributed by atoms with Crippen molar-refractivity contribution in [3.63, 3.8) is 0 Å². The van der Waals surface area contributed by atoms with Crippen LogP contribution in [-0.2, 0) is 29.2 Å². The Labute approximate surface area is 185 Å². The van der Waals surface area contributed by atoms with Gasteiger partial charge in [-0.1, -0.05) is 17.3 Å². The molecule has 0 bridgehead atoms. The fourth-order valence-electron chi connectivity index (χ4n) is 4.86. The van der Waals surface area contributed by atoms with E-state index in [1.54, 1.807) is 11.0 Å². The van der Waals surface area contributed by atoms with Gasteiger partial charge < -0.3 is 20.1 Å². The average molecular weight is 438 g/mol. The molecule has 3 N–H and O–H groups in total. The maximum absolute atomic E-state index is 12.9. The molecule has 168 valence electrons. The highest BCUT2D eigenvalue weighted by Gasteiger charge is 2.39. The summed E-state index contributed by atoms with van der Waals surface area (Å²) in [4.78, 5) is 38.2. The highest BCUT2D eigenvalue weighted by Crippen LogP contribution is 2.30. The van der Waals surface area contributed by atoms with Crippen molar-refractivity contribution in [3.8, 4) is 0 Å². The average Bonchev–Trinajstić information content (AvgIpc) is 3.40. The molecule has 2 aromatic rings. The van der Waals surface area contributed by atoms with Crippen LogP contribution < -0.4 is 16.0 Å². The van der Waals surface area contributed by atoms with E-state index >= 15 is 0 Å². The van der Waals surface area contributed by atoms with E-state index in [0.717, 1.165) is 48.5 Å². The molecule has 1 aromatic heterocycles. The number of carbonyl (C=O) groups is 3. The Balaban J connectivity index is 1.22. The van der Waals surface area contributed by atoms with Crippen LogP contribution in [0.15, 0.2) is 28.8 Å². The third kappa shape index (κ3) is 4.05. The second kappa shape index (κ2) is 8.84. The summed E-state index contributed by atoms with van der Waals surface area (Å²) < 4.78 is 5.52. The first-order valence-corrected chi connectivity index (χ1v) is 11.2. The third-order valence-corrected chi connectivity index (χ3v) is 6.63. The van der Waals surface area contributed by atoms with Crippen LogP contribution in [0.1, 0.15) is 64.5 Å². The number of benzene rings is 1. The molecule has 0 radical (unpaired) electrons. The van der Waals surface area contributed by atoms with Crippen molar-refractivity contribution < 1.29 is 18.9 Å². The number of imide groups is 1. The number of aromatic nitrogens is 1. The minimum absolute atomic E-state index is 0.154. The van der Waals surface area contributed by atoms with Gasteiger partial charge in [-0.05, 0) is 49.5 Å². The summed E-state index contributed by atoms with van der Waals surface area (Å²) in [5.74, 6) is 0.425. The Hall–Kier alpha value is -3.04. The molecule has 2 saturated heterocycles. The summed E-state index contributed by atoms with van der Waals surface area (Å²) in [6, 6.07) is 7.09. The van der Waals surface area contributed by atoms with Gasteiger partial charge in [-0.15, -0.1) is 0 Å². The smallest absolute Gasteiger partial charge is 0.255 e. The highest BCUT2D eigenvalue weighted by atomic mass is 16.5. The lowest BCUT2D eigenvalue weighted by atomic mass is 9.94. The molecule has 0 saturated carbocycles. The number of piperidine rings is 2. The van der Waals surface area contributed by atoms with Crippen molar-refractivity contribution in [2.24, 2.45) is 0 Å². The topological polar surface area (TPSA) is 117 Å². The van der Waals surface area contributed by atoms with Gasteiger partial charge in [-0.2, -0.15) is 0 Å². The van der Waals surface area contributed by atoms with E-state index in [-0.39, 0.29) is 18.2 Å². The Kier molecular flexibility index (Phi) is 5.75. The molecule has 2 fully saturated rings. The largest absolute Gasteiger partial charge is 0.360 e. The number of carbonyl (C=O) groups excluding carboxylic acids is 3. The van der Waals surface area contributed by atoms with Crippen molar-refractivity contribution in [1.82, 2.24) is 26.0 Å². The molecular weight excluding hydrogens is 410 g/mol. The Bertz CT molecular complexity index is 1040. The predicted octanol–water partition coefficient (Wildman–Crippen LogP) is 1.19. The number of nitrogens with zero attached hydrogens (tertiary/aromatic N) is 2. The zero-order valence-electron chi connectivity index (χ0n) is 17.9. The summed E-state index contributed by atoms with van der Waals surface area (Å²) >= 11 is 0. The van der Waals surface area contributed by atoms with Crippen molar-refractivity contribution >= 4 is 17.7 Å². The standard InChI is InChI=1S/C23H27N5O4/c29-21-5-4-20(22(30)26-21)28-13-18-15(2-1-3-17(18)23(28)31)11-25-12-16-10-19(27-32-16)14-6-8-24-9-7-14/h1-3,10,14,20,24-25H,4-9,11-13H2,(H,26,29,30). The van der Waals surface area contributed by atoms with Crippen molar-refractivity contribution in [2.45, 2.75) is 57.3 Å². The summed E-state index contributed by atoms with van der Waals surface area (Å²) in [6.45, 7) is 3.52. The molecule has 0 aliphatic carbocycles. The van der Waals surface area contributed by atoms with Gasteiger partial charge in [0.2, 0.25) is 11.8 Å². The molecule has 1 atom stereocenters. The number of nitrogens with one attached hydrogen (secondary N) is 3. The number of hydrogen-bond donors (Lipinski definition) is 3. The zero-order valence-corrected chi connectivity index (χ0v) is 17.9. The second-order valence-corrected chi connectivity index (χ2v) is 8.69. The highest BCUT2D eigenvalue weighted by molar-refractivity contribution is 6.05. The fourth-order valence-corrected chi connectivity index (χ4v) is 4.86. The molecule has 3 aliphatic heterocycles. The summed E-state index contributed by atoms with van der Waals surface area (Å²) in [5.41, 5.74) is 3.60. The maximum atomic E-state index is 12.9. The van der Waals surface area contributed by atoms with Crippen molar-refractivity contribution in [2.75, 3.05) is 13.1 Å². The quantitative estimate of drug-likeness (QED) is 0.581. The lowest BCUT2D eigenvalue weighted by molar-refractivity contribution is -0.136. The lowest BCUT2D eigenvalue weighted by Gasteiger charge is -2.29. The van der Waals surface area contributed by atoms with E-state index in [1.165, 1.54) is 0 Å². The molecule has 5 rings (SSSR count). The number of fused-ring (bicyclic) bond motifs is 1. The molecule has 3 aliphatic rings. The third-order valence-electron chi connectivity index (χ3n) is 6.63. The Morgan fingerprint density at radius 2 is 1.97 bits per heavy atom. The number of hydrogen-bond acceptors (Lipinski definition) is 7. The van der Waals surface area contributed by atoms with Crippen LogP contribution in [0.25, 0.3) is 0 Å². The fraction of sp³-hybridized carbons (Fsp3) is 0.478. The van der Waals surface area contributed by atoms with Gasteiger partial charge in [-0.3, -0.25) is 19.7 Å². The van der Waals surface area contributed by atoms with Gasteiger partial charge in [0.05, 0.1) is 12.2 Å². The zero-order chi connectivity index (χ0) is 22.1. The van der Waals surface area contributed by atoms with Gasteiger partial charge in [0.1, 0.15) is 6.04 Å². The van der Waals surface area contributed by atoms with E-state index in [2.05, 4.69) is 21.1 Å². The van der Waals surface area contributed by atoms with Crippen LogP contribution in [-0.4, -0.2) is 46.9 Å². The molecule has 9 nitrogen and oxygen atoms in total. The minimum atomic E-state index is -0.601. The molecule has 4 heterocycles. The Morgan fingerprint density at radius 1 is 1.12 bits per heavy atom. The van der Waals surface area contributed by atoms with Crippen molar-refractivity contribution in [1.29, 1.82) is 0 Å². The van der Waals surface area contributed by atoms with Gasteiger partial charge in [0.15, 0.2) is 5.76 Å². The van der Waals surface area contributed by atoms with Gasteiger partial charge in [0.25, 0.3) is 5.91 Å². The van der Waals surface area contributed by atoms with Gasteiger partial charge in [0, 0.05) is 37.1 Å². The summed E-state index contributed by atoms with van der Waals surface area (Å²) in [6.07, 6.45) is 2.77. The van der Waals surface area contributed by atoms with Crippen LogP contribution in [0.5, 0.6) is 0 Å². The molecular formula is C23H27N5O4. The van der Waals surface area contributed by atoms with Crippen LogP contribution in [0.2, 0.25) is 0 Å². The van der Waals surface area contributed by atoms with Gasteiger partial charge in [-0.25, -0.2) is 0 Å². The first-order chi connectivity index (χ1) is 15.6. The SMILES string of the molecule is O=C1CCC(N2Cc3c(CNCc4cc(C5CCNCC5)no4)cccc3C2=O)C(=O)N1. The van der Waals surface area contributed by atoms with E-state index in [0.29, 0.717) is 37.5 Å². The van der Waals surface area contributed by atoms with Crippen LogP contribution in [0.4, 0.5) is 0 Å². The minimum Gasteiger partial charge on any atom is -0.360 e. The monoisotopic (exact) mass is 437 g/mol. The van der Waals surface area contributed by atoms with Crippen LogP contribution in [0.3, 0.4) is 0 Å². The van der Waals surface area contributed by atoms with E-state index in [4.69, 9.17) is 4.52 Å². The number of rotatable bonds is 6. The maximum Gasteiger partial charge on any atom is 0.255 e.